The van der Waals surface area contributed by atoms with Crippen LogP contribution in [0.3, 0.4) is 0 Å². The average Bonchev–Trinajstić information content (AvgIpc) is 2.31. The second kappa shape index (κ2) is 5.71. The van der Waals surface area contributed by atoms with Crippen molar-refractivity contribution >= 4 is 22.0 Å². The predicted octanol–water partition coefficient (Wildman–Crippen LogP) is 2.63. The SMILES string of the molecule is C[C@@H]1CN(C(=O)Oc2ccc(Br)cc2)C[C@H](C)N1. The minimum Gasteiger partial charge on any atom is -0.410 e. The number of carbonyl (C=O) groups is 1. The molecule has 1 N–H and O–H groups in total. The van der Waals surface area contributed by atoms with Gasteiger partial charge in [-0.1, -0.05) is 15.9 Å². The van der Waals surface area contributed by atoms with E-state index in [0.717, 1.165) is 4.47 Å². The highest BCUT2D eigenvalue weighted by atomic mass is 79.9. The van der Waals surface area contributed by atoms with Crippen molar-refractivity contribution in [3.05, 3.63) is 28.7 Å². The van der Waals surface area contributed by atoms with Gasteiger partial charge in [0, 0.05) is 29.6 Å². The maximum Gasteiger partial charge on any atom is 0.415 e. The summed E-state index contributed by atoms with van der Waals surface area (Å²) in [5, 5.41) is 3.38. The Balaban J connectivity index is 1.97. The molecule has 2 atom stereocenters. The quantitative estimate of drug-likeness (QED) is 0.866. The Labute approximate surface area is 115 Å². The molecule has 0 spiro atoms. The Bertz CT molecular complexity index is 412. The number of hydrogen-bond acceptors (Lipinski definition) is 3. The summed E-state index contributed by atoms with van der Waals surface area (Å²) in [6, 6.07) is 7.85. The van der Waals surface area contributed by atoms with E-state index < -0.39 is 0 Å². The van der Waals surface area contributed by atoms with Crippen molar-refractivity contribution in [1.82, 2.24) is 10.2 Å². The molecule has 0 saturated carbocycles. The van der Waals surface area contributed by atoms with E-state index in [1.54, 1.807) is 17.0 Å². The molecule has 1 aromatic carbocycles. The van der Waals surface area contributed by atoms with E-state index in [1.807, 2.05) is 12.1 Å². The number of rotatable bonds is 1. The zero-order valence-corrected chi connectivity index (χ0v) is 12.1. The highest BCUT2D eigenvalue weighted by Crippen LogP contribution is 2.17. The number of hydrogen-bond donors (Lipinski definition) is 1. The molecule has 4 nitrogen and oxygen atoms in total. The van der Waals surface area contributed by atoms with Crippen LogP contribution < -0.4 is 10.1 Å². The smallest absolute Gasteiger partial charge is 0.410 e. The molecule has 2 rings (SSSR count). The van der Waals surface area contributed by atoms with E-state index in [2.05, 4.69) is 35.1 Å². The fourth-order valence-electron chi connectivity index (χ4n) is 2.14. The summed E-state index contributed by atoms with van der Waals surface area (Å²) in [5.41, 5.74) is 0. The normalized spacial score (nSPS) is 23.8. The number of benzene rings is 1. The third kappa shape index (κ3) is 3.46. The Morgan fingerprint density at radius 1 is 1.28 bits per heavy atom. The number of halogens is 1. The number of ether oxygens (including phenoxy) is 1. The van der Waals surface area contributed by atoms with Crippen molar-refractivity contribution in [2.24, 2.45) is 0 Å². The molecular weight excluding hydrogens is 296 g/mol. The summed E-state index contributed by atoms with van der Waals surface area (Å²) < 4.78 is 6.31. The molecule has 1 aromatic rings. The summed E-state index contributed by atoms with van der Waals surface area (Å²) in [6.45, 7) is 5.49. The van der Waals surface area contributed by atoms with Crippen molar-refractivity contribution in [3.8, 4) is 5.75 Å². The number of piperazine rings is 1. The molecule has 1 fully saturated rings. The van der Waals surface area contributed by atoms with E-state index in [0.29, 0.717) is 30.9 Å². The van der Waals surface area contributed by atoms with Crippen LogP contribution in [0.25, 0.3) is 0 Å². The Morgan fingerprint density at radius 2 is 1.83 bits per heavy atom. The molecule has 0 radical (unpaired) electrons. The second-order valence-corrected chi connectivity index (χ2v) is 5.61. The van der Waals surface area contributed by atoms with E-state index in [4.69, 9.17) is 4.74 Å². The van der Waals surface area contributed by atoms with Gasteiger partial charge in [0.15, 0.2) is 0 Å². The van der Waals surface area contributed by atoms with Crippen molar-refractivity contribution < 1.29 is 9.53 Å². The monoisotopic (exact) mass is 312 g/mol. The lowest BCUT2D eigenvalue weighted by Gasteiger charge is -2.35. The van der Waals surface area contributed by atoms with Crippen LogP contribution >= 0.6 is 15.9 Å². The average molecular weight is 313 g/mol. The summed E-state index contributed by atoms with van der Waals surface area (Å²) in [5.74, 6) is 0.571. The van der Waals surface area contributed by atoms with Gasteiger partial charge in [0.2, 0.25) is 0 Å². The van der Waals surface area contributed by atoms with E-state index in [1.165, 1.54) is 0 Å². The van der Waals surface area contributed by atoms with Crippen LogP contribution in [-0.2, 0) is 0 Å². The van der Waals surface area contributed by atoms with Crippen LogP contribution in [-0.4, -0.2) is 36.2 Å². The number of nitrogens with zero attached hydrogens (tertiary/aromatic N) is 1. The van der Waals surface area contributed by atoms with Gasteiger partial charge in [-0.05, 0) is 38.1 Å². The van der Waals surface area contributed by atoms with E-state index in [9.17, 15) is 4.79 Å². The number of amides is 1. The minimum atomic E-state index is -0.280. The summed E-state index contributed by atoms with van der Waals surface area (Å²) >= 11 is 3.34. The standard InChI is InChI=1S/C13H17BrN2O2/c1-9-7-16(8-10(2)15-9)13(17)18-12-5-3-11(14)4-6-12/h3-6,9-10,15H,7-8H2,1-2H3/t9-,10+. The number of nitrogens with one attached hydrogen (secondary N) is 1. The molecule has 1 aliphatic heterocycles. The van der Waals surface area contributed by atoms with E-state index >= 15 is 0 Å². The van der Waals surface area contributed by atoms with Crippen molar-refractivity contribution in [3.63, 3.8) is 0 Å². The molecule has 0 aliphatic carbocycles. The molecular formula is C13H17BrN2O2. The summed E-state index contributed by atoms with van der Waals surface area (Å²) in [7, 11) is 0. The fraction of sp³-hybridized carbons (Fsp3) is 0.462. The highest BCUT2D eigenvalue weighted by molar-refractivity contribution is 9.10. The van der Waals surface area contributed by atoms with Gasteiger partial charge >= 0.3 is 6.09 Å². The topological polar surface area (TPSA) is 41.6 Å². The first-order valence-corrected chi connectivity index (χ1v) is 6.82. The zero-order valence-electron chi connectivity index (χ0n) is 10.5. The van der Waals surface area contributed by atoms with Gasteiger partial charge in [-0.25, -0.2) is 4.79 Å². The zero-order chi connectivity index (χ0) is 13.1. The third-order valence-corrected chi connectivity index (χ3v) is 3.36. The molecule has 98 valence electrons. The summed E-state index contributed by atoms with van der Waals surface area (Å²) in [6.07, 6.45) is -0.280. The van der Waals surface area contributed by atoms with Gasteiger partial charge in [-0.15, -0.1) is 0 Å². The van der Waals surface area contributed by atoms with Crippen LogP contribution in [0.1, 0.15) is 13.8 Å². The lowest BCUT2D eigenvalue weighted by Crippen LogP contribution is -2.56. The third-order valence-electron chi connectivity index (χ3n) is 2.83. The maximum absolute atomic E-state index is 12.0. The molecule has 1 heterocycles. The van der Waals surface area contributed by atoms with Gasteiger partial charge in [-0.2, -0.15) is 0 Å². The molecule has 1 saturated heterocycles. The number of carbonyl (C=O) groups excluding carboxylic acids is 1. The van der Waals surface area contributed by atoms with Gasteiger partial charge in [0.25, 0.3) is 0 Å². The molecule has 1 aliphatic rings. The van der Waals surface area contributed by atoms with Gasteiger partial charge < -0.3 is 15.0 Å². The first-order valence-electron chi connectivity index (χ1n) is 6.03. The molecule has 0 unspecified atom stereocenters. The van der Waals surface area contributed by atoms with Crippen LogP contribution in [0.2, 0.25) is 0 Å². The maximum atomic E-state index is 12.0. The second-order valence-electron chi connectivity index (χ2n) is 4.70. The van der Waals surface area contributed by atoms with Gasteiger partial charge in [0.05, 0.1) is 0 Å². The molecule has 18 heavy (non-hydrogen) atoms. The molecule has 5 heteroatoms. The van der Waals surface area contributed by atoms with Crippen LogP contribution in [0.4, 0.5) is 4.79 Å². The molecule has 0 bridgehead atoms. The lowest BCUT2D eigenvalue weighted by molar-refractivity contribution is 0.126. The van der Waals surface area contributed by atoms with Crippen LogP contribution in [0.15, 0.2) is 28.7 Å². The first kappa shape index (κ1) is 13.4. The van der Waals surface area contributed by atoms with Gasteiger partial charge in [0.1, 0.15) is 5.75 Å². The lowest BCUT2D eigenvalue weighted by atomic mass is 10.2. The Morgan fingerprint density at radius 3 is 2.39 bits per heavy atom. The van der Waals surface area contributed by atoms with Gasteiger partial charge in [-0.3, -0.25) is 0 Å². The first-order chi connectivity index (χ1) is 8.54. The summed E-state index contributed by atoms with van der Waals surface area (Å²) in [4.78, 5) is 13.8. The largest absolute Gasteiger partial charge is 0.415 e. The van der Waals surface area contributed by atoms with Crippen molar-refractivity contribution in [2.45, 2.75) is 25.9 Å². The van der Waals surface area contributed by atoms with E-state index in [-0.39, 0.29) is 6.09 Å². The highest BCUT2D eigenvalue weighted by Gasteiger charge is 2.25. The van der Waals surface area contributed by atoms with Crippen molar-refractivity contribution in [2.75, 3.05) is 13.1 Å². The predicted molar refractivity (Wildman–Crippen MR) is 73.8 cm³/mol. The molecule has 0 aromatic heterocycles. The van der Waals surface area contributed by atoms with Crippen LogP contribution in [0.5, 0.6) is 5.75 Å². The van der Waals surface area contributed by atoms with Crippen LogP contribution in [0, 0.1) is 0 Å². The Kier molecular flexibility index (Phi) is 4.24. The molecule has 1 amide bonds. The van der Waals surface area contributed by atoms with Crippen molar-refractivity contribution in [1.29, 1.82) is 0 Å². The fourth-order valence-corrected chi connectivity index (χ4v) is 2.41. The Hall–Kier alpha value is -1.07. The minimum absolute atomic E-state index is 0.280.